The van der Waals surface area contributed by atoms with Gasteiger partial charge in [0.1, 0.15) is 5.76 Å². The van der Waals surface area contributed by atoms with Gasteiger partial charge in [0.15, 0.2) is 4.67 Å². The van der Waals surface area contributed by atoms with E-state index in [4.69, 9.17) is 9.40 Å². The van der Waals surface area contributed by atoms with Crippen molar-refractivity contribution in [3.63, 3.8) is 0 Å². The van der Waals surface area contributed by atoms with E-state index in [1.54, 1.807) is 18.2 Å². The second-order valence-electron chi connectivity index (χ2n) is 6.28. The van der Waals surface area contributed by atoms with E-state index in [1.807, 2.05) is 55.5 Å². The summed E-state index contributed by atoms with van der Waals surface area (Å²) in [7, 11) is 0. The Bertz CT molecular complexity index is 1180. The monoisotopic (exact) mass is 433 g/mol. The van der Waals surface area contributed by atoms with E-state index in [2.05, 4.69) is 26.5 Å². The van der Waals surface area contributed by atoms with Crippen LogP contribution >= 0.6 is 15.9 Å². The van der Waals surface area contributed by atoms with Crippen molar-refractivity contribution >= 4 is 39.0 Å². The smallest absolute Gasteiger partial charge is 0.272 e. The van der Waals surface area contributed by atoms with Gasteiger partial charge in [-0.05, 0) is 53.2 Å². The number of furan rings is 1. The molecule has 2 aromatic carbocycles. The SMILES string of the molecule is Cc1ccc2nc(-c3ccccc3)cc(C(=O)NN=Cc3ccc(Br)o3)c2c1. The Kier molecular flexibility index (Phi) is 5.04. The van der Waals surface area contributed by atoms with E-state index >= 15 is 0 Å². The van der Waals surface area contributed by atoms with Gasteiger partial charge in [-0.25, -0.2) is 10.4 Å². The van der Waals surface area contributed by atoms with Crippen LogP contribution in [0.3, 0.4) is 0 Å². The molecule has 0 unspecified atom stereocenters. The lowest BCUT2D eigenvalue weighted by molar-refractivity contribution is 0.0956. The highest BCUT2D eigenvalue weighted by molar-refractivity contribution is 9.10. The van der Waals surface area contributed by atoms with Crippen molar-refractivity contribution in [1.82, 2.24) is 10.4 Å². The number of nitrogens with zero attached hydrogens (tertiary/aromatic N) is 2. The van der Waals surface area contributed by atoms with Crippen LogP contribution in [0.5, 0.6) is 0 Å². The number of aryl methyl sites for hydroxylation is 1. The van der Waals surface area contributed by atoms with Gasteiger partial charge in [0.2, 0.25) is 0 Å². The van der Waals surface area contributed by atoms with Crippen molar-refractivity contribution in [2.45, 2.75) is 6.92 Å². The predicted molar refractivity (Wildman–Crippen MR) is 113 cm³/mol. The lowest BCUT2D eigenvalue weighted by atomic mass is 10.0. The number of benzene rings is 2. The first-order valence-corrected chi connectivity index (χ1v) is 9.45. The van der Waals surface area contributed by atoms with Crippen molar-refractivity contribution < 1.29 is 9.21 Å². The molecule has 5 nitrogen and oxygen atoms in total. The molecule has 0 radical (unpaired) electrons. The molecule has 0 aliphatic carbocycles. The fourth-order valence-corrected chi connectivity index (χ4v) is 3.22. The molecule has 0 fully saturated rings. The third-order valence-electron chi connectivity index (χ3n) is 4.23. The van der Waals surface area contributed by atoms with Crippen LogP contribution in [-0.4, -0.2) is 17.1 Å². The first-order valence-electron chi connectivity index (χ1n) is 8.66. The number of fused-ring (bicyclic) bond motifs is 1. The fourth-order valence-electron chi connectivity index (χ4n) is 2.90. The average Bonchev–Trinajstić information content (AvgIpc) is 3.13. The van der Waals surface area contributed by atoms with Gasteiger partial charge in [0.05, 0.1) is 23.0 Å². The highest BCUT2D eigenvalue weighted by atomic mass is 79.9. The molecular weight excluding hydrogens is 418 g/mol. The summed E-state index contributed by atoms with van der Waals surface area (Å²) in [5, 5.41) is 4.79. The zero-order valence-electron chi connectivity index (χ0n) is 15.0. The molecule has 4 aromatic rings. The Morgan fingerprint density at radius 1 is 1.11 bits per heavy atom. The van der Waals surface area contributed by atoms with Crippen LogP contribution in [0, 0.1) is 6.92 Å². The number of nitrogens with one attached hydrogen (secondary N) is 1. The Labute approximate surface area is 170 Å². The van der Waals surface area contributed by atoms with Gasteiger partial charge in [0, 0.05) is 10.9 Å². The number of carbonyl (C=O) groups excluding carboxylic acids is 1. The van der Waals surface area contributed by atoms with Crippen molar-refractivity contribution in [2.24, 2.45) is 5.10 Å². The number of hydrazone groups is 1. The van der Waals surface area contributed by atoms with Gasteiger partial charge in [-0.3, -0.25) is 4.79 Å². The largest absolute Gasteiger partial charge is 0.448 e. The zero-order valence-corrected chi connectivity index (χ0v) is 16.6. The summed E-state index contributed by atoms with van der Waals surface area (Å²) in [6.45, 7) is 1.99. The second-order valence-corrected chi connectivity index (χ2v) is 7.06. The predicted octanol–water partition coefficient (Wildman–Crippen LogP) is 5.33. The average molecular weight is 434 g/mol. The Balaban J connectivity index is 1.72. The molecule has 0 saturated carbocycles. The van der Waals surface area contributed by atoms with Crippen LogP contribution < -0.4 is 5.43 Å². The molecule has 0 saturated heterocycles. The quantitative estimate of drug-likeness (QED) is 0.349. The molecular formula is C22H16BrN3O2. The molecule has 28 heavy (non-hydrogen) atoms. The second kappa shape index (κ2) is 7.78. The number of carbonyl (C=O) groups is 1. The Morgan fingerprint density at radius 2 is 1.93 bits per heavy atom. The van der Waals surface area contributed by atoms with Gasteiger partial charge in [0.25, 0.3) is 5.91 Å². The van der Waals surface area contributed by atoms with E-state index in [0.29, 0.717) is 16.0 Å². The van der Waals surface area contributed by atoms with Crippen LogP contribution in [-0.2, 0) is 0 Å². The normalized spacial score (nSPS) is 11.2. The molecule has 0 aliphatic rings. The number of amides is 1. The van der Waals surface area contributed by atoms with Crippen LogP contribution in [0.25, 0.3) is 22.2 Å². The molecule has 0 aliphatic heterocycles. The van der Waals surface area contributed by atoms with Gasteiger partial charge < -0.3 is 4.42 Å². The molecule has 138 valence electrons. The summed E-state index contributed by atoms with van der Waals surface area (Å²) in [5.74, 6) is 0.227. The molecule has 4 rings (SSSR count). The standard InChI is InChI=1S/C22H16BrN3O2/c1-14-7-9-19-17(11-14)18(12-20(25-19)15-5-3-2-4-6-15)22(27)26-24-13-16-8-10-21(23)28-16/h2-13H,1H3,(H,26,27). The number of aromatic nitrogens is 1. The number of halogens is 1. The van der Waals surface area contributed by atoms with E-state index in [1.165, 1.54) is 6.21 Å². The minimum Gasteiger partial charge on any atom is -0.448 e. The minimum absolute atomic E-state index is 0.308. The lowest BCUT2D eigenvalue weighted by Gasteiger charge is -2.09. The number of hydrogen-bond acceptors (Lipinski definition) is 4. The molecule has 1 N–H and O–H groups in total. The third kappa shape index (κ3) is 3.87. The summed E-state index contributed by atoms with van der Waals surface area (Å²) >= 11 is 3.23. The molecule has 6 heteroatoms. The highest BCUT2D eigenvalue weighted by Crippen LogP contribution is 2.25. The highest BCUT2D eigenvalue weighted by Gasteiger charge is 2.14. The van der Waals surface area contributed by atoms with Crippen LogP contribution in [0.4, 0.5) is 0 Å². The minimum atomic E-state index is -0.308. The summed E-state index contributed by atoms with van der Waals surface area (Å²) in [6, 6.07) is 21.0. The topological polar surface area (TPSA) is 67.5 Å². The van der Waals surface area contributed by atoms with E-state index in [9.17, 15) is 4.79 Å². The van der Waals surface area contributed by atoms with Crippen molar-refractivity contribution in [3.8, 4) is 11.3 Å². The van der Waals surface area contributed by atoms with Crippen LogP contribution in [0.15, 0.2) is 80.9 Å². The van der Waals surface area contributed by atoms with Crippen molar-refractivity contribution in [1.29, 1.82) is 0 Å². The fraction of sp³-hybridized carbons (Fsp3) is 0.0455. The van der Waals surface area contributed by atoms with E-state index in [-0.39, 0.29) is 5.91 Å². The van der Waals surface area contributed by atoms with Crippen molar-refractivity contribution in [2.75, 3.05) is 0 Å². The lowest BCUT2D eigenvalue weighted by Crippen LogP contribution is -2.18. The van der Waals surface area contributed by atoms with E-state index in [0.717, 1.165) is 27.7 Å². The third-order valence-corrected chi connectivity index (χ3v) is 4.66. The molecule has 0 atom stereocenters. The first kappa shape index (κ1) is 18.1. The van der Waals surface area contributed by atoms with Crippen LogP contribution in [0.1, 0.15) is 21.7 Å². The van der Waals surface area contributed by atoms with E-state index < -0.39 is 0 Å². The zero-order chi connectivity index (χ0) is 19.5. The van der Waals surface area contributed by atoms with Gasteiger partial charge in [-0.2, -0.15) is 5.10 Å². The maximum atomic E-state index is 12.9. The summed E-state index contributed by atoms with van der Waals surface area (Å²) in [6.07, 6.45) is 1.45. The summed E-state index contributed by atoms with van der Waals surface area (Å²) in [4.78, 5) is 17.6. The number of rotatable bonds is 4. The number of hydrogen-bond donors (Lipinski definition) is 1. The molecule has 0 bridgehead atoms. The molecule has 1 amide bonds. The molecule has 2 aromatic heterocycles. The first-order chi connectivity index (χ1) is 13.6. The van der Waals surface area contributed by atoms with Gasteiger partial charge >= 0.3 is 0 Å². The van der Waals surface area contributed by atoms with Gasteiger partial charge in [-0.15, -0.1) is 0 Å². The maximum absolute atomic E-state index is 12.9. The van der Waals surface area contributed by atoms with Crippen molar-refractivity contribution in [3.05, 3.63) is 88.3 Å². The van der Waals surface area contributed by atoms with Crippen LogP contribution in [0.2, 0.25) is 0 Å². The Morgan fingerprint density at radius 3 is 2.68 bits per heavy atom. The summed E-state index contributed by atoms with van der Waals surface area (Å²) < 4.78 is 5.94. The molecule has 0 spiro atoms. The van der Waals surface area contributed by atoms with Gasteiger partial charge in [-0.1, -0.05) is 42.0 Å². The maximum Gasteiger partial charge on any atom is 0.272 e. The number of pyridine rings is 1. The summed E-state index contributed by atoms with van der Waals surface area (Å²) in [5.41, 5.74) is 6.59. The molecule has 2 heterocycles. The Hall–Kier alpha value is -3.25.